The molecule has 1 fully saturated rings. The Balaban J connectivity index is 2.24. The minimum atomic E-state index is -0.225. The molecule has 1 aromatic rings. The molecule has 0 radical (unpaired) electrons. The van der Waals surface area contributed by atoms with Crippen molar-refractivity contribution in [3.05, 3.63) is 36.3 Å². The summed E-state index contributed by atoms with van der Waals surface area (Å²) in [4.78, 5) is 6.18. The lowest BCUT2D eigenvalue weighted by Gasteiger charge is -2.36. The van der Waals surface area contributed by atoms with E-state index in [4.69, 9.17) is 0 Å². The number of hydrogen-bond donors (Lipinski definition) is 1. The number of rotatable bonds is 6. The molecule has 20 heavy (non-hydrogen) atoms. The second kappa shape index (κ2) is 5.92. The molecular weight excluding hydrogens is 253 g/mol. The normalized spacial score (nSPS) is 15.2. The van der Waals surface area contributed by atoms with Crippen LogP contribution < -0.4 is 10.2 Å². The standard InChI is InChI=1S/C16H24FN3/c1-5-10-20(16(2,3)4)15-14(17)12(8-9-18-15)11-19-13-6-7-13/h5,8-9,13,19H,1,6-7,10-11H2,2-4H3. The Morgan fingerprint density at radius 3 is 2.75 bits per heavy atom. The Morgan fingerprint density at radius 2 is 2.20 bits per heavy atom. The Kier molecular flexibility index (Phi) is 4.43. The Morgan fingerprint density at radius 1 is 1.50 bits per heavy atom. The van der Waals surface area contributed by atoms with Crippen LogP contribution in [0.25, 0.3) is 0 Å². The molecule has 1 aromatic heterocycles. The number of aromatic nitrogens is 1. The van der Waals surface area contributed by atoms with E-state index < -0.39 is 0 Å². The van der Waals surface area contributed by atoms with Crippen molar-refractivity contribution in [2.45, 2.75) is 51.7 Å². The first-order valence-electron chi connectivity index (χ1n) is 7.19. The predicted molar refractivity (Wildman–Crippen MR) is 81.4 cm³/mol. The van der Waals surface area contributed by atoms with Gasteiger partial charge in [-0.05, 0) is 39.7 Å². The molecule has 0 saturated heterocycles. The van der Waals surface area contributed by atoms with Crippen LogP contribution in [0.1, 0.15) is 39.2 Å². The van der Waals surface area contributed by atoms with E-state index in [1.165, 1.54) is 12.8 Å². The third kappa shape index (κ3) is 3.57. The van der Waals surface area contributed by atoms with E-state index >= 15 is 0 Å². The van der Waals surface area contributed by atoms with Gasteiger partial charge in [0.25, 0.3) is 0 Å². The lowest BCUT2D eigenvalue weighted by molar-refractivity contribution is 0.495. The molecule has 1 aliphatic carbocycles. The molecule has 0 unspecified atom stereocenters. The molecule has 4 heteroatoms. The van der Waals surface area contributed by atoms with Crippen LogP contribution in [0.4, 0.5) is 10.2 Å². The SMILES string of the molecule is C=CCN(c1nccc(CNC2CC2)c1F)C(C)(C)C. The second-order valence-electron chi connectivity index (χ2n) is 6.33. The van der Waals surface area contributed by atoms with Crippen molar-refractivity contribution < 1.29 is 4.39 Å². The van der Waals surface area contributed by atoms with E-state index in [0.29, 0.717) is 30.5 Å². The third-order valence-electron chi connectivity index (χ3n) is 3.49. The van der Waals surface area contributed by atoms with Gasteiger partial charge in [-0.2, -0.15) is 0 Å². The van der Waals surface area contributed by atoms with Crippen LogP contribution in [0.5, 0.6) is 0 Å². The summed E-state index contributed by atoms with van der Waals surface area (Å²) in [6.45, 7) is 11.0. The van der Waals surface area contributed by atoms with Gasteiger partial charge in [0.05, 0.1) is 0 Å². The molecule has 1 saturated carbocycles. The van der Waals surface area contributed by atoms with Gasteiger partial charge in [-0.3, -0.25) is 0 Å². The molecule has 0 spiro atoms. The lowest BCUT2D eigenvalue weighted by Crippen LogP contribution is -2.42. The van der Waals surface area contributed by atoms with Crippen LogP contribution in [0.2, 0.25) is 0 Å². The molecule has 3 nitrogen and oxygen atoms in total. The highest BCUT2D eigenvalue weighted by Gasteiger charge is 2.26. The molecule has 0 aliphatic heterocycles. The number of hydrogen-bond acceptors (Lipinski definition) is 3. The van der Waals surface area contributed by atoms with Crippen LogP contribution in [-0.4, -0.2) is 23.1 Å². The summed E-state index contributed by atoms with van der Waals surface area (Å²) in [6, 6.07) is 2.32. The first-order chi connectivity index (χ1) is 9.43. The maximum atomic E-state index is 14.7. The Labute approximate surface area is 120 Å². The number of nitrogens with one attached hydrogen (secondary N) is 1. The Hall–Kier alpha value is -1.42. The van der Waals surface area contributed by atoms with E-state index in [9.17, 15) is 4.39 Å². The van der Waals surface area contributed by atoms with Gasteiger partial charge in [0, 0.05) is 36.4 Å². The predicted octanol–water partition coefficient (Wildman–Crippen LogP) is 3.26. The zero-order valence-corrected chi connectivity index (χ0v) is 12.6. The maximum absolute atomic E-state index is 14.7. The molecule has 2 rings (SSSR count). The number of halogens is 1. The van der Waals surface area contributed by atoms with Crippen molar-refractivity contribution in [1.82, 2.24) is 10.3 Å². The fraction of sp³-hybridized carbons (Fsp3) is 0.562. The minimum Gasteiger partial charge on any atom is -0.346 e. The molecule has 1 aliphatic rings. The van der Waals surface area contributed by atoms with Gasteiger partial charge in [-0.15, -0.1) is 6.58 Å². The average Bonchev–Trinajstić information content (AvgIpc) is 3.18. The number of nitrogens with zero attached hydrogens (tertiary/aromatic N) is 2. The summed E-state index contributed by atoms with van der Waals surface area (Å²) in [5.74, 6) is 0.185. The van der Waals surface area contributed by atoms with Gasteiger partial charge in [0.2, 0.25) is 0 Å². The number of anilines is 1. The van der Waals surface area contributed by atoms with Crippen molar-refractivity contribution >= 4 is 5.82 Å². The highest BCUT2D eigenvalue weighted by atomic mass is 19.1. The highest BCUT2D eigenvalue weighted by molar-refractivity contribution is 5.46. The van der Waals surface area contributed by atoms with Crippen LogP contribution in [0.3, 0.4) is 0 Å². The molecule has 1 heterocycles. The molecule has 0 aromatic carbocycles. The largest absolute Gasteiger partial charge is 0.346 e. The minimum absolute atomic E-state index is 0.204. The molecule has 110 valence electrons. The summed E-state index contributed by atoms with van der Waals surface area (Å²) in [6.07, 6.45) is 5.86. The van der Waals surface area contributed by atoms with Crippen LogP contribution in [0.15, 0.2) is 24.9 Å². The first kappa shape index (κ1) is 15.0. The number of pyridine rings is 1. The first-order valence-corrected chi connectivity index (χ1v) is 7.19. The summed E-state index contributed by atoms with van der Waals surface area (Å²) >= 11 is 0. The topological polar surface area (TPSA) is 28.2 Å². The maximum Gasteiger partial charge on any atom is 0.170 e. The van der Waals surface area contributed by atoms with Gasteiger partial charge < -0.3 is 10.2 Å². The van der Waals surface area contributed by atoms with Gasteiger partial charge in [-0.25, -0.2) is 9.37 Å². The summed E-state index contributed by atoms with van der Waals surface area (Å²) in [5, 5.41) is 3.34. The summed E-state index contributed by atoms with van der Waals surface area (Å²) in [7, 11) is 0. The van der Waals surface area contributed by atoms with E-state index in [-0.39, 0.29) is 11.4 Å². The summed E-state index contributed by atoms with van der Waals surface area (Å²) < 4.78 is 14.7. The van der Waals surface area contributed by atoms with E-state index in [2.05, 4.69) is 16.9 Å². The van der Waals surface area contributed by atoms with Crippen molar-refractivity contribution in [3.8, 4) is 0 Å². The smallest absolute Gasteiger partial charge is 0.170 e. The van der Waals surface area contributed by atoms with Crippen molar-refractivity contribution in [2.24, 2.45) is 0 Å². The second-order valence-corrected chi connectivity index (χ2v) is 6.33. The van der Waals surface area contributed by atoms with Gasteiger partial charge in [0.15, 0.2) is 11.6 Å². The van der Waals surface area contributed by atoms with Gasteiger partial charge >= 0.3 is 0 Å². The fourth-order valence-electron chi connectivity index (χ4n) is 2.14. The fourth-order valence-corrected chi connectivity index (χ4v) is 2.14. The summed E-state index contributed by atoms with van der Waals surface area (Å²) in [5.41, 5.74) is 0.477. The van der Waals surface area contributed by atoms with E-state index in [1.807, 2.05) is 25.7 Å². The van der Waals surface area contributed by atoms with Crippen molar-refractivity contribution in [1.29, 1.82) is 0 Å². The van der Waals surface area contributed by atoms with Crippen LogP contribution in [-0.2, 0) is 6.54 Å². The van der Waals surface area contributed by atoms with Gasteiger partial charge in [-0.1, -0.05) is 6.08 Å². The van der Waals surface area contributed by atoms with E-state index in [0.717, 1.165) is 0 Å². The lowest BCUT2D eigenvalue weighted by atomic mass is 10.1. The van der Waals surface area contributed by atoms with Crippen molar-refractivity contribution in [3.63, 3.8) is 0 Å². The third-order valence-corrected chi connectivity index (χ3v) is 3.49. The van der Waals surface area contributed by atoms with Gasteiger partial charge in [0.1, 0.15) is 0 Å². The zero-order valence-electron chi connectivity index (χ0n) is 12.6. The van der Waals surface area contributed by atoms with Crippen molar-refractivity contribution in [2.75, 3.05) is 11.4 Å². The molecule has 0 atom stereocenters. The van der Waals surface area contributed by atoms with Crippen LogP contribution in [0, 0.1) is 5.82 Å². The monoisotopic (exact) mass is 277 g/mol. The zero-order chi connectivity index (χ0) is 14.8. The molecule has 0 bridgehead atoms. The molecule has 0 amide bonds. The van der Waals surface area contributed by atoms with Crippen LogP contribution >= 0.6 is 0 Å². The Bertz CT molecular complexity index is 475. The quantitative estimate of drug-likeness (QED) is 0.809. The molecular formula is C16H24FN3. The highest BCUT2D eigenvalue weighted by Crippen LogP contribution is 2.27. The molecule has 1 N–H and O–H groups in total. The van der Waals surface area contributed by atoms with E-state index in [1.54, 1.807) is 18.3 Å². The average molecular weight is 277 g/mol.